The Balaban J connectivity index is 2.42. The molecule has 2 rings (SSSR count). The molecule has 0 fully saturated rings. The van der Waals surface area contributed by atoms with E-state index in [4.69, 9.17) is 4.74 Å². The first-order chi connectivity index (χ1) is 9.51. The zero-order valence-electron chi connectivity index (χ0n) is 9.88. The van der Waals surface area contributed by atoms with Crippen LogP contribution in [0.2, 0.25) is 0 Å². The van der Waals surface area contributed by atoms with Gasteiger partial charge in [-0.1, -0.05) is 0 Å². The van der Waals surface area contributed by atoms with Crippen molar-refractivity contribution in [1.82, 2.24) is 0 Å². The summed E-state index contributed by atoms with van der Waals surface area (Å²) >= 11 is 0. The van der Waals surface area contributed by atoms with E-state index in [9.17, 15) is 23.7 Å². The minimum absolute atomic E-state index is 0.0867. The van der Waals surface area contributed by atoms with Crippen molar-refractivity contribution >= 4 is 12.0 Å². The Kier molecular flexibility index (Phi) is 3.69. The van der Waals surface area contributed by atoms with Crippen LogP contribution in [0.1, 0.15) is 10.4 Å². The summed E-state index contributed by atoms with van der Waals surface area (Å²) in [6.45, 7) is 0. The quantitative estimate of drug-likeness (QED) is 0.488. The lowest BCUT2D eigenvalue weighted by molar-refractivity contribution is -0.385. The summed E-state index contributed by atoms with van der Waals surface area (Å²) in [5, 5.41) is 10.9. The number of hydrogen-bond donors (Lipinski definition) is 0. The molecule has 0 aliphatic rings. The summed E-state index contributed by atoms with van der Waals surface area (Å²) in [5.41, 5.74) is -0.401. The summed E-state index contributed by atoms with van der Waals surface area (Å²) in [5.74, 6) is -2.38. The van der Waals surface area contributed by atoms with Crippen LogP contribution in [0, 0.1) is 21.7 Å². The number of rotatable bonds is 4. The maximum atomic E-state index is 13.4. The summed E-state index contributed by atoms with van der Waals surface area (Å²) in [7, 11) is 0. The smallest absolute Gasteiger partial charge is 0.312 e. The number of nitro benzene ring substituents is 1. The Hall–Kier alpha value is -2.83. The fraction of sp³-hybridized carbons (Fsp3) is 0. The maximum absolute atomic E-state index is 13.4. The first-order valence-corrected chi connectivity index (χ1v) is 5.38. The van der Waals surface area contributed by atoms with E-state index >= 15 is 0 Å². The van der Waals surface area contributed by atoms with E-state index in [0.717, 1.165) is 18.2 Å². The molecular weight excluding hydrogens is 272 g/mol. The number of halogens is 2. The molecule has 2 aromatic rings. The molecule has 0 saturated heterocycles. The molecule has 0 radical (unpaired) electrons. The van der Waals surface area contributed by atoms with Gasteiger partial charge in [-0.3, -0.25) is 14.9 Å². The van der Waals surface area contributed by atoms with E-state index in [0.29, 0.717) is 12.4 Å². The molecule has 5 nitrogen and oxygen atoms in total. The molecule has 0 bridgehead atoms. The highest BCUT2D eigenvalue weighted by molar-refractivity contribution is 5.77. The van der Waals surface area contributed by atoms with Crippen molar-refractivity contribution in [2.45, 2.75) is 0 Å². The third-order valence-corrected chi connectivity index (χ3v) is 2.43. The maximum Gasteiger partial charge on any atom is 0.312 e. The number of hydrogen-bond acceptors (Lipinski definition) is 4. The normalized spacial score (nSPS) is 10.1. The van der Waals surface area contributed by atoms with Crippen molar-refractivity contribution in [2.24, 2.45) is 0 Å². The van der Waals surface area contributed by atoms with Crippen LogP contribution in [0.5, 0.6) is 11.5 Å². The fourth-order valence-electron chi connectivity index (χ4n) is 1.51. The number of nitro groups is 1. The van der Waals surface area contributed by atoms with Gasteiger partial charge < -0.3 is 4.74 Å². The molecule has 0 aliphatic heterocycles. The van der Waals surface area contributed by atoms with Gasteiger partial charge in [-0.2, -0.15) is 0 Å². The van der Waals surface area contributed by atoms with E-state index in [-0.39, 0.29) is 17.1 Å². The van der Waals surface area contributed by atoms with Gasteiger partial charge in [0.05, 0.1) is 4.92 Å². The van der Waals surface area contributed by atoms with Gasteiger partial charge >= 0.3 is 5.69 Å². The average molecular weight is 279 g/mol. The van der Waals surface area contributed by atoms with Crippen molar-refractivity contribution < 1.29 is 23.2 Å². The third-order valence-electron chi connectivity index (χ3n) is 2.43. The molecule has 0 unspecified atom stereocenters. The van der Waals surface area contributed by atoms with Gasteiger partial charge in [0, 0.05) is 17.7 Å². The summed E-state index contributed by atoms with van der Waals surface area (Å²) in [6, 6.07) is 6.04. The van der Waals surface area contributed by atoms with Crippen LogP contribution in [0.3, 0.4) is 0 Å². The van der Waals surface area contributed by atoms with Crippen LogP contribution < -0.4 is 4.74 Å². The second-order valence-electron chi connectivity index (χ2n) is 3.78. The Morgan fingerprint density at radius 1 is 1.10 bits per heavy atom. The highest BCUT2D eigenvalue weighted by atomic mass is 19.1. The zero-order valence-corrected chi connectivity index (χ0v) is 9.88. The number of aldehydes is 1. The van der Waals surface area contributed by atoms with E-state index in [1.54, 1.807) is 0 Å². The Labute approximate surface area is 111 Å². The zero-order chi connectivity index (χ0) is 14.7. The predicted molar refractivity (Wildman–Crippen MR) is 64.9 cm³/mol. The highest BCUT2D eigenvalue weighted by Crippen LogP contribution is 2.33. The molecule has 0 saturated carbocycles. The van der Waals surface area contributed by atoms with Crippen molar-refractivity contribution in [3.63, 3.8) is 0 Å². The van der Waals surface area contributed by atoms with E-state index in [2.05, 4.69) is 0 Å². The van der Waals surface area contributed by atoms with Crippen LogP contribution >= 0.6 is 0 Å². The van der Waals surface area contributed by atoms with Gasteiger partial charge in [-0.05, 0) is 24.3 Å². The molecule has 0 aliphatic carbocycles. The second kappa shape index (κ2) is 5.43. The van der Waals surface area contributed by atoms with Crippen LogP contribution in [0.15, 0.2) is 36.4 Å². The average Bonchev–Trinajstić information content (AvgIpc) is 2.42. The molecule has 0 aromatic heterocycles. The minimum Gasteiger partial charge on any atom is -0.447 e. The summed E-state index contributed by atoms with van der Waals surface area (Å²) in [6.07, 6.45) is 0.440. The number of carbonyl (C=O) groups is 1. The van der Waals surface area contributed by atoms with Crippen LogP contribution in [0.25, 0.3) is 0 Å². The van der Waals surface area contributed by atoms with Crippen molar-refractivity contribution in [1.29, 1.82) is 0 Å². The topological polar surface area (TPSA) is 69.4 Å². The van der Waals surface area contributed by atoms with Crippen LogP contribution in [0.4, 0.5) is 14.5 Å². The lowest BCUT2D eigenvalue weighted by atomic mass is 10.2. The number of carbonyl (C=O) groups excluding carboxylic acids is 1. The molecule has 0 amide bonds. The highest BCUT2D eigenvalue weighted by Gasteiger charge is 2.18. The largest absolute Gasteiger partial charge is 0.447 e. The molecule has 2 aromatic carbocycles. The molecule has 0 spiro atoms. The molecule has 0 N–H and O–H groups in total. The van der Waals surface area contributed by atoms with Gasteiger partial charge in [0.2, 0.25) is 5.75 Å². The Bertz CT molecular complexity index is 688. The van der Waals surface area contributed by atoms with Gasteiger partial charge in [-0.25, -0.2) is 8.78 Å². The van der Waals surface area contributed by atoms with Crippen molar-refractivity contribution in [3.8, 4) is 11.5 Å². The monoisotopic (exact) mass is 279 g/mol. The van der Waals surface area contributed by atoms with E-state index in [1.165, 1.54) is 12.1 Å². The molecule has 0 heterocycles. The minimum atomic E-state index is -0.987. The van der Waals surface area contributed by atoms with Gasteiger partial charge in [0.25, 0.3) is 0 Å². The lowest BCUT2D eigenvalue weighted by Gasteiger charge is -2.07. The number of nitrogens with zero attached hydrogens (tertiary/aromatic N) is 1. The summed E-state index contributed by atoms with van der Waals surface area (Å²) < 4.78 is 31.2. The van der Waals surface area contributed by atoms with E-state index in [1.807, 2.05) is 0 Å². The van der Waals surface area contributed by atoms with Crippen molar-refractivity contribution in [3.05, 3.63) is 63.7 Å². The van der Waals surface area contributed by atoms with E-state index < -0.39 is 22.2 Å². The molecule has 0 atom stereocenters. The number of benzene rings is 2. The molecule has 7 heteroatoms. The summed E-state index contributed by atoms with van der Waals surface area (Å²) in [4.78, 5) is 20.7. The molecule has 20 heavy (non-hydrogen) atoms. The number of ether oxygens (including phenoxy) is 1. The lowest BCUT2D eigenvalue weighted by Crippen LogP contribution is -1.96. The molecule has 102 valence electrons. The first kappa shape index (κ1) is 13.6. The fourth-order valence-corrected chi connectivity index (χ4v) is 1.51. The predicted octanol–water partition coefficient (Wildman–Crippen LogP) is 3.48. The van der Waals surface area contributed by atoms with Crippen molar-refractivity contribution in [2.75, 3.05) is 0 Å². The van der Waals surface area contributed by atoms with Gasteiger partial charge in [0.15, 0.2) is 11.6 Å². The third kappa shape index (κ3) is 2.77. The standard InChI is InChI=1S/C13H7F2NO4/c14-9-2-4-12(10(15)6-9)20-13-3-1-8(7-17)5-11(13)16(18)19/h1-7H. The molecular formula is C13H7F2NO4. The Morgan fingerprint density at radius 3 is 2.40 bits per heavy atom. The second-order valence-corrected chi connectivity index (χ2v) is 3.78. The van der Waals surface area contributed by atoms with Crippen LogP contribution in [-0.2, 0) is 0 Å². The Morgan fingerprint density at radius 2 is 1.80 bits per heavy atom. The SMILES string of the molecule is O=Cc1ccc(Oc2ccc(F)cc2F)c([N+](=O)[O-])c1. The van der Waals surface area contributed by atoms with Crippen LogP contribution in [-0.4, -0.2) is 11.2 Å². The van der Waals surface area contributed by atoms with Gasteiger partial charge in [0.1, 0.15) is 12.1 Å². The first-order valence-electron chi connectivity index (χ1n) is 5.38. The van der Waals surface area contributed by atoms with Gasteiger partial charge in [-0.15, -0.1) is 0 Å².